The van der Waals surface area contributed by atoms with E-state index in [-0.39, 0.29) is 0 Å². The lowest BCUT2D eigenvalue weighted by Crippen LogP contribution is -2.06. The molecule has 0 fully saturated rings. The normalized spacial score (nSPS) is 11.2. The Hall–Kier alpha value is -2.72. The van der Waals surface area contributed by atoms with Crippen LogP contribution in [0.15, 0.2) is 40.9 Å². The summed E-state index contributed by atoms with van der Waals surface area (Å²) in [5, 5.41) is 23.9. The second-order valence-corrected chi connectivity index (χ2v) is 8.64. The zero-order valence-electron chi connectivity index (χ0n) is 17.1. The number of benzene rings is 1. The minimum absolute atomic E-state index is 0.605. The van der Waals surface area contributed by atoms with Gasteiger partial charge in [-0.05, 0) is 52.9 Å². The number of aryl methyl sites for hydroxylation is 2. The fraction of sp³-hybridized carbons (Fsp3) is 0.350. The van der Waals surface area contributed by atoms with Crippen LogP contribution in [-0.2, 0) is 12.3 Å². The smallest absolute Gasteiger partial charge is 0.196 e. The first-order valence-electron chi connectivity index (χ1n) is 9.73. The maximum atomic E-state index is 5.65. The van der Waals surface area contributed by atoms with Crippen molar-refractivity contribution in [1.29, 1.82) is 0 Å². The van der Waals surface area contributed by atoms with E-state index in [4.69, 9.17) is 4.74 Å². The summed E-state index contributed by atoms with van der Waals surface area (Å²) < 4.78 is 9.57. The van der Waals surface area contributed by atoms with E-state index in [9.17, 15) is 0 Å². The largest absolute Gasteiger partial charge is 0.495 e. The molecule has 0 spiro atoms. The second-order valence-electron chi connectivity index (χ2n) is 6.75. The van der Waals surface area contributed by atoms with Gasteiger partial charge >= 0.3 is 0 Å². The van der Waals surface area contributed by atoms with Gasteiger partial charge < -0.3 is 4.74 Å². The number of ether oxygens (including phenoxy) is 1. The first-order valence-corrected chi connectivity index (χ1v) is 11.6. The fourth-order valence-electron chi connectivity index (χ4n) is 3.06. The molecule has 3 aromatic heterocycles. The molecule has 30 heavy (non-hydrogen) atoms. The number of thioether (sulfide) groups is 1. The van der Waals surface area contributed by atoms with Gasteiger partial charge in [-0.2, -0.15) is 0 Å². The highest BCUT2D eigenvalue weighted by atomic mass is 32.2. The summed E-state index contributed by atoms with van der Waals surface area (Å²) >= 11 is 3.20. The Morgan fingerprint density at radius 2 is 2.07 bits per heavy atom. The van der Waals surface area contributed by atoms with E-state index in [0.29, 0.717) is 5.75 Å². The number of rotatable bonds is 9. The van der Waals surface area contributed by atoms with Gasteiger partial charge in [-0.3, -0.25) is 4.57 Å². The van der Waals surface area contributed by atoms with Gasteiger partial charge in [-0.25, -0.2) is 4.68 Å². The molecule has 0 N–H and O–H groups in total. The predicted octanol–water partition coefficient (Wildman–Crippen LogP) is 4.39. The van der Waals surface area contributed by atoms with Crippen LogP contribution in [0.2, 0.25) is 0 Å². The number of thiophene rings is 1. The molecule has 156 valence electrons. The highest BCUT2D eigenvalue weighted by Crippen LogP contribution is 2.35. The molecule has 0 bridgehead atoms. The molecule has 0 saturated carbocycles. The van der Waals surface area contributed by atoms with Crippen molar-refractivity contribution < 1.29 is 4.74 Å². The molecule has 3 heterocycles. The van der Waals surface area contributed by atoms with E-state index >= 15 is 0 Å². The van der Waals surface area contributed by atoms with E-state index < -0.39 is 0 Å². The average molecular weight is 442 g/mol. The second kappa shape index (κ2) is 9.40. The molecular weight excluding hydrogens is 418 g/mol. The zero-order valence-corrected chi connectivity index (χ0v) is 18.8. The lowest BCUT2D eigenvalue weighted by molar-refractivity contribution is 0.412. The van der Waals surface area contributed by atoms with Crippen LogP contribution in [0.1, 0.15) is 31.2 Å². The maximum Gasteiger partial charge on any atom is 0.196 e. The van der Waals surface area contributed by atoms with Gasteiger partial charge in [0.25, 0.3) is 0 Å². The van der Waals surface area contributed by atoms with E-state index in [1.807, 2.05) is 34.3 Å². The number of nitrogens with zero attached hydrogens (tertiary/aromatic N) is 7. The lowest BCUT2D eigenvalue weighted by atomic mass is 10.2. The maximum absolute atomic E-state index is 5.65. The van der Waals surface area contributed by atoms with Crippen molar-refractivity contribution in [2.75, 3.05) is 7.11 Å². The summed E-state index contributed by atoms with van der Waals surface area (Å²) in [5.74, 6) is 3.00. The summed E-state index contributed by atoms with van der Waals surface area (Å²) in [5.41, 5.74) is 2.05. The van der Waals surface area contributed by atoms with Gasteiger partial charge in [-0.15, -0.1) is 26.6 Å². The molecule has 4 rings (SSSR count). The van der Waals surface area contributed by atoms with Gasteiger partial charge in [0.15, 0.2) is 16.8 Å². The number of tetrazole rings is 1. The summed E-state index contributed by atoms with van der Waals surface area (Å²) in [6.07, 6.45) is 2.14. The molecule has 0 aliphatic rings. The van der Waals surface area contributed by atoms with E-state index in [2.05, 4.69) is 50.2 Å². The van der Waals surface area contributed by atoms with Crippen LogP contribution in [0, 0.1) is 6.92 Å². The van der Waals surface area contributed by atoms with Crippen molar-refractivity contribution in [3.8, 4) is 22.1 Å². The van der Waals surface area contributed by atoms with Crippen molar-refractivity contribution in [2.45, 2.75) is 44.1 Å². The molecule has 0 atom stereocenters. The molecule has 0 saturated heterocycles. The molecule has 0 aliphatic heterocycles. The van der Waals surface area contributed by atoms with Gasteiger partial charge in [0.05, 0.1) is 23.4 Å². The van der Waals surface area contributed by atoms with Gasteiger partial charge in [-0.1, -0.05) is 37.2 Å². The monoisotopic (exact) mass is 441 g/mol. The van der Waals surface area contributed by atoms with Crippen molar-refractivity contribution in [1.82, 2.24) is 35.0 Å². The molecule has 4 aromatic rings. The van der Waals surface area contributed by atoms with Crippen LogP contribution in [0.3, 0.4) is 0 Å². The molecule has 10 heteroatoms. The topological polar surface area (TPSA) is 83.5 Å². The van der Waals surface area contributed by atoms with Crippen LogP contribution in [-0.4, -0.2) is 42.1 Å². The average Bonchev–Trinajstić information content (AvgIpc) is 3.51. The number of hydrogen-bond donors (Lipinski definition) is 0. The lowest BCUT2D eigenvalue weighted by Gasteiger charge is -2.14. The standard InChI is InChI=1S/C20H23N7OS2/c1-4-5-10-26-18(21-24-25-26)13-30-20-23-22-19(17-7-6-11-29-17)27(20)15-12-14(2)8-9-16(15)28-3/h6-9,11-12H,4-5,10,13H2,1-3H3. The minimum atomic E-state index is 0.605. The van der Waals surface area contributed by atoms with Crippen LogP contribution >= 0.6 is 23.1 Å². The fourth-order valence-corrected chi connectivity index (χ4v) is 4.63. The Morgan fingerprint density at radius 3 is 2.83 bits per heavy atom. The number of aromatic nitrogens is 7. The number of methoxy groups -OCH3 is 1. The van der Waals surface area contributed by atoms with Gasteiger partial charge in [0, 0.05) is 6.54 Å². The quantitative estimate of drug-likeness (QED) is 0.356. The Morgan fingerprint density at radius 1 is 1.17 bits per heavy atom. The molecule has 0 amide bonds. The Balaban J connectivity index is 1.71. The van der Waals surface area contributed by atoms with Crippen molar-refractivity contribution in [2.24, 2.45) is 0 Å². The van der Waals surface area contributed by atoms with Gasteiger partial charge in [0.1, 0.15) is 5.75 Å². The number of hydrogen-bond acceptors (Lipinski definition) is 8. The van der Waals surface area contributed by atoms with Crippen LogP contribution in [0.5, 0.6) is 5.75 Å². The third-order valence-corrected chi connectivity index (χ3v) is 6.40. The first-order chi connectivity index (χ1) is 14.7. The highest BCUT2D eigenvalue weighted by molar-refractivity contribution is 7.98. The van der Waals surface area contributed by atoms with E-state index in [1.165, 1.54) is 0 Å². The van der Waals surface area contributed by atoms with Crippen LogP contribution < -0.4 is 4.74 Å². The zero-order chi connectivity index (χ0) is 20.9. The first kappa shape index (κ1) is 20.5. The van der Waals surface area contributed by atoms with Crippen molar-refractivity contribution >= 4 is 23.1 Å². The Kier molecular flexibility index (Phi) is 6.44. The van der Waals surface area contributed by atoms with Crippen LogP contribution in [0.25, 0.3) is 16.4 Å². The third kappa shape index (κ3) is 4.24. The molecule has 8 nitrogen and oxygen atoms in total. The highest BCUT2D eigenvalue weighted by Gasteiger charge is 2.20. The van der Waals surface area contributed by atoms with Gasteiger partial charge in [0.2, 0.25) is 0 Å². The summed E-state index contributed by atoms with van der Waals surface area (Å²) in [4.78, 5) is 1.05. The third-order valence-electron chi connectivity index (χ3n) is 4.61. The van der Waals surface area contributed by atoms with Crippen molar-refractivity contribution in [3.05, 3.63) is 47.1 Å². The molecule has 0 radical (unpaired) electrons. The van der Waals surface area contributed by atoms with E-state index in [1.54, 1.807) is 30.2 Å². The Bertz CT molecular complexity index is 1100. The van der Waals surface area contributed by atoms with Crippen molar-refractivity contribution in [3.63, 3.8) is 0 Å². The van der Waals surface area contributed by atoms with Crippen LogP contribution in [0.4, 0.5) is 0 Å². The SMILES string of the molecule is CCCCn1nnnc1CSc1nnc(-c2cccs2)n1-c1cc(C)ccc1OC. The predicted molar refractivity (Wildman–Crippen MR) is 118 cm³/mol. The molecule has 0 unspecified atom stereocenters. The summed E-state index contributed by atoms with van der Waals surface area (Å²) in [6, 6.07) is 10.2. The molecule has 1 aromatic carbocycles. The summed E-state index contributed by atoms with van der Waals surface area (Å²) in [7, 11) is 1.68. The Labute approximate surface area is 183 Å². The number of unbranched alkanes of at least 4 members (excludes halogenated alkanes) is 1. The van der Waals surface area contributed by atoms with E-state index in [0.717, 1.165) is 58.1 Å². The molecule has 0 aliphatic carbocycles. The minimum Gasteiger partial charge on any atom is -0.495 e. The summed E-state index contributed by atoms with van der Waals surface area (Å²) in [6.45, 7) is 5.04. The molecular formula is C20H23N7OS2.